The lowest BCUT2D eigenvalue weighted by atomic mass is 10.0. The highest BCUT2D eigenvalue weighted by atomic mass is 16.5. The summed E-state index contributed by atoms with van der Waals surface area (Å²) in [5.41, 5.74) is 2.64. The van der Waals surface area contributed by atoms with E-state index in [1.165, 1.54) is 0 Å². The zero-order valence-electron chi connectivity index (χ0n) is 16.6. The molecule has 1 fully saturated rings. The third-order valence-corrected chi connectivity index (χ3v) is 5.10. The van der Waals surface area contributed by atoms with Crippen LogP contribution in [-0.4, -0.2) is 54.9 Å². The van der Waals surface area contributed by atoms with Crippen LogP contribution in [0.15, 0.2) is 48.5 Å². The van der Waals surface area contributed by atoms with Crippen molar-refractivity contribution in [2.24, 2.45) is 0 Å². The second kappa shape index (κ2) is 8.89. The molecule has 2 aromatic rings. The van der Waals surface area contributed by atoms with Gasteiger partial charge in [-0.25, -0.2) is 0 Å². The Hall–Kier alpha value is -2.86. The molecule has 3 rings (SSSR count). The number of amides is 2. The van der Waals surface area contributed by atoms with E-state index in [1.807, 2.05) is 60.4 Å². The van der Waals surface area contributed by atoms with Crippen LogP contribution in [0.4, 0.5) is 5.69 Å². The molecule has 0 bridgehead atoms. The molecular weight excluding hydrogens is 354 g/mol. The van der Waals surface area contributed by atoms with E-state index < -0.39 is 6.04 Å². The molecule has 2 aromatic carbocycles. The summed E-state index contributed by atoms with van der Waals surface area (Å²) in [4.78, 5) is 28.9. The average molecular weight is 381 g/mol. The van der Waals surface area contributed by atoms with Crippen molar-refractivity contribution in [3.63, 3.8) is 0 Å². The Kier molecular flexibility index (Phi) is 6.31. The summed E-state index contributed by atoms with van der Waals surface area (Å²) < 4.78 is 5.40. The Morgan fingerprint density at radius 3 is 2.32 bits per heavy atom. The highest BCUT2D eigenvalue weighted by Crippen LogP contribution is 2.29. The molecular formula is C22H27N3O3. The third-order valence-electron chi connectivity index (χ3n) is 5.10. The van der Waals surface area contributed by atoms with E-state index >= 15 is 0 Å². The number of aryl methyl sites for hydroxylation is 1. The largest absolute Gasteiger partial charge is 0.495 e. The van der Waals surface area contributed by atoms with Gasteiger partial charge in [-0.2, -0.15) is 0 Å². The summed E-state index contributed by atoms with van der Waals surface area (Å²) in [6.07, 6.45) is 0. The number of piperazine rings is 1. The SMILES string of the molecule is COc1ccc(C)cc1NC(=O)[C@H](c1ccccc1)N1CCN(C(C)=O)CC1. The molecule has 0 aliphatic carbocycles. The normalized spacial score (nSPS) is 15.8. The molecule has 28 heavy (non-hydrogen) atoms. The molecule has 1 aliphatic heterocycles. The molecule has 0 unspecified atom stereocenters. The lowest BCUT2D eigenvalue weighted by Gasteiger charge is -2.38. The van der Waals surface area contributed by atoms with Gasteiger partial charge in [-0.3, -0.25) is 14.5 Å². The van der Waals surface area contributed by atoms with Crippen molar-refractivity contribution < 1.29 is 14.3 Å². The topological polar surface area (TPSA) is 61.9 Å². The van der Waals surface area contributed by atoms with Crippen molar-refractivity contribution >= 4 is 17.5 Å². The maximum Gasteiger partial charge on any atom is 0.246 e. The fraction of sp³-hybridized carbons (Fsp3) is 0.364. The predicted molar refractivity (Wildman–Crippen MR) is 109 cm³/mol. The molecule has 0 spiro atoms. The van der Waals surface area contributed by atoms with E-state index in [4.69, 9.17) is 4.74 Å². The van der Waals surface area contributed by atoms with Crippen molar-refractivity contribution in [3.05, 3.63) is 59.7 Å². The molecule has 1 N–H and O–H groups in total. The zero-order valence-corrected chi connectivity index (χ0v) is 16.6. The average Bonchev–Trinajstić information content (AvgIpc) is 2.69. The fourth-order valence-corrected chi connectivity index (χ4v) is 3.58. The first-order valence-corrected chi connectivity index (χ1v) is 9.49. The number of benzene rings is 2. The van der Waals surface area contributed by atoms with Gasteiger partial charge in [0.2, 0.25) is 11.8 Å². The molecule has 2 amide bonds. The zero-order chi connectivity index (χ0) is 20.1. The van der Waals surface area contributed by atoms with Crippen LogP contribution in [0, 0.1) is 6.92 Å². The quantitative estimate of drug-likeness (QED) is 0.865. The van der Waals surface area contributed by atoms with Crippen LogP contribution in [0.2, 0.25) is 0 Å². The molecule has 0 saturated carbocycles. The first-order valence-electron chi connectivity index (χ1n) is 9.49. The predicted octanol–water partition coefficient (Wildman–Crippen LogP) is 2.85. The van der Waals surface area contributed by atoms with Crippen molar-refractivity contribution in [1.82, 2.24) is 9.80 Å². The monoisotopic (exact) mass is 381 g/mol. The molecule has 148 valence electrons. The van der Waals surface area contributed by atoms with Crippen LogP contribution in [0.1, 0.15) is 24.1 Å². The van der Waals surface area contributed by atoms with Crippen LogP contribution in [0.25, 0.3) is 0 Å². The molecule has 0 aromatic heterocycles. The molecule has 1 aliphatic rings. The van der Waals surface area contributed by atoms with Crippen molar-refractivity contribution in [1.29, 1.82) is 0 Å². The highest BCUT2D eigenvalue weighted by molar-refractivity contribution is 5.97. The number of hydrogen-bond acceptors (Lipinski definition) is 4. The van der Waals surface area contributed by atoms with E-state index in [2.05, 4.69) is 10.2 Å². The van der Waals surface area contributed by atoms with Gasteiger partial charge in [-0.05, 0) is 30.2 Å². The molecule has 1 heterocycles. The first kappa shape index (κ1) is 19.9. The molecule has 0 radical (unpaired) electrons. The smallest absolute Gasteiger partial charge is 0.246 e. The number of carbonyl (C=O) groups excluding carboxylic acids is 2. The molecule has 6 nitrogen and oxygen atoms in total. The third kappa shape index (κ3) is 4.51. The summed E-state index contributed by atoms with van der Waals surface area (Å²) in [5, 5.41) is 3.05. The van der Waals surface area contributed by atoms with Crippen molar-refractivity contribution in [2.75, 3.05) is 38.6 Å². The Morgan fingerprint density at radius 2 is 1.71 bits per heavy atom. The second-order valence-electron chi connectivity index (χ2n) is 7.05. The van der Waals surface area contributed by atoms with Crippen LogP contribution in [0.5, 0.6) is 5.75 Å². The standard InChI is InChI=1S/C22H27N3O3/c1-16-9-10-20(28-3)19(15-16)23-22(27)21(18-7-5-4-6-8-18)25-13-11-24(12-14-25)17(2)26/h4-10,15,21H,11-14H2,1-3H3,(H,23,27)/t21-/m0/s1. The molecule has 1 atom stereocenters. The van der Waals surface area contributed by atoms with E-state index in [1.54, 1.807) is 14.0 Å². The number of anilines is 1. The Morgan fingerprint density at radius 1 is 1.04 bits per heavy atom. The summed E-state index contributed by atoms with van der Waals surface area (Å²) in [6, 6.07) is 15.0. The van der Waals surface area contributed by atoms with Gasteiger partial charge in [-0.15, -0.1) is 0 Å². The van der Waals surface area contributed by atoms with Gasteiger partial charge < -0.3 is 15.0 Å². The van der Waals surface area contributed by atoms with E-state index in [-0.39, 0.29) is 11.8 Å². The van der Waals surface area contributed by atoms with Gasteiger partial charge >= 0.3 is 0 Å². The van der Waals surface area contributed by atoms with Crippen molar-refractivity contribution in [2.45, 2.75) is 19.9 Å². The number of rotatable bonds is 5. The highest BCUT2D eigenvalue weighted by Gasteiger charge is 2.31. The van der Waals surface area contributed by atoms with Crippen LogP contribution >= 0.6 is 0 Å². The summed E-state index contributed by atoms with van der Waals surface area (Å²) in [7, 11) is 1.59. The fourth-order valence-electron chi connectivity index (χ4n) is 3.58. The number of nitrogens with one attached hydrogen (secondary N) is 1. The lowest BCUT2D eigenvalue weighted by molar-refractivity contribution is -0.131. The minimum Gasteiger partial charge on any atom is -0.495 e. The molecule has 1 saturated heterocycles. The number of carbonyl (C=O) groups is 2. The van der Waals surface area contributed by atoms with Crippen LogP contribution in [-0.2, 0) is 9.59 Å². The van der Waals surface area contributed by atoms with Gasteiger partial charge in [0.15, 0.2) is 0 Å². The van der Waals surface area contributed by atoms with Gasteiger partial charge in [0.1, 0.15) is 11.8 Å². The van der Waals surface area contributed by atoms with Crippen molar-refractivity contribution in [3.8, 4) is 5.75 Å². The summed E-state index contributed by atoms with van der Waals surface area (Å²) in [6.45, 7) is 6.11. The number of ether oxygens (including phenoxy) is 1. The Labute approximate surface area is 166 Å². The number of methoxy groups -OCH3 is 1. The molecule has 6 heteroatoms. The number of nitrogens with zero attached hydrogens (tertiary/aromatic N) is 2. The van der Waals surface area contributed by atoms with Gasteiger partial charge in [0.25, 0.3) is 0 Å². The number of hydrogen-bond donors (Lipinski definition) is 1. The minimum atomic E-state index is -0.430. The van der Waals surface area contributed by atoms with Gasteiger partial charge in [0.05, 0.1) is 12.8 Å². The van der Waals surface area contributed by atoms with Gasteiger partial charge in [0, 0.05) is 33.1 Å². The van der Waals surface area contributed by atoms with Crippen LogP contribution < -0.4 is 10.1 Å². The maximum absolute atomic E-state index is 13.3. The summed E-state index contributed by atoms with van der Waals surface area (Å²) >= 11 is 0. The second-order valence-corrected chi connectivity index (χ2v) is 7.05. The van der Waals surface area contributed by atoms with Crippen LogP contribution in [0.3, 0.4) is 0 Å². The maximum atomic E-state index is 13.3. The summed E-state index contributed by atoms with van der Waals surface area (Å²) in [5.74, 6) is 0.600. The Balaban J connectivity index is 1.85. The minimum absolute atomic E-state index is 0.0739. The van der Waals surface area contributed by atoms with E-state index in [0.29, 0.717) is 37.6 Å². The van der Waals surface area contributed by atoms with E-state index in [9.17, 15) is 9.59 Å². The van der Waals surface area contributed by atoms with Gasteiger partial charge in [-0.1, -0.05) is 36.4 Å². The Bertz CT molecular complexity index is 830. The van der Waals surface area contributed by atoms with E-state index in [0.717, 1.165) is 11.1 Å². The first-order chi connectivity index (χ1) is 13.5. The lowest BCUT2D eigenvalue weighted by Crippen LogP contribution is -2.51.